The molecule has 1 aliphatic rings. The molecule has 1 aliphatic heterocycles. The Morgan fingerprint density at radius 3 is 2.35 bits per heavy atom. The van der Waals surface area contributed by atoms with Gasteiger partial charge in [0, 0.05) is 5.56 Å². The first-order chi connectivity index (χ1) is 11.2. The molecule has 0 aromatic heterocycles. The third kappa shape index (κ3) is 2.90. The SMILES string of the molecule is COC(=O)[C@H]1ON=C(c2ccc(OC)cc2)[C@@H]1c1ccccc1. The standard InChI is InChI=1S/C18H17NO4/c1-21-14-10-8-13(9-11-14)16-15(12-6-4-3-5-7-12)17(23-19-16)18(20)22-2/h3-11,15,17H,1-2H3/t15-,17-/m0/s1. The minimum absolute atomic E-state index is 0.308. The topological polar surface area (TPSA) is 57.1 Å². The van der Waals surface area contributed by atoms with Crippen molar-refractivity contribution in [3.05, 3.63) is 65.7 Å². The highest BCUT2D eigenvalue weighted by atomic mass is 16.7. The molecule has 0 fully saturated rings. The molecule has 3 rings (SSSR count). The molecule has 0 bridgehead atoms. The lowest BCUT2D eigenvalue weighted by atomic mass is 9.86. The lowest BCUT2D eigenvalue weighted by Gasteiger charge is -2.17. The predicted octanol–water partition coefficient (Wildman–Crippen LogP) is 2.75. The summed E-state index contributed by atoms with van der Waals surface area (Å²) in [5.74, 6) is 0.0113. The molecule has 118 valence electrons. The van der Waals surface area contributed by atoms with Crippen LogP contribution in [-0.4, -0.2) is 32.0 Å². The molecule has 2 aromatic rings. The minimum atomic E-state index is -0.778. The summed E-state index contributed by atoms with van der Waals surface area (Å²) < 4.78 is 10.0. The summed E-state index contributed by atoms with van der Waals surface area (Å²) in [6.07, 6.45) is -0.778. The van der Waals surface area contributed by atoms with E-state index in [9.17, 15) is 4.79 Å². The second-order valence-electron chi connectivity index (χ2n) is 5.14. The Hall–Kier alpha value is -2.82. The zero-order valence-corrected chi connectivity index (χ0v) is 12.9. The van der Waals surface area contributed by atoms with Crippen LogP contribution in [-0.2, 0) is 14.4 Å². The Kier molecular flexibility index (Phi) is 4.28. The van der Waals surface area contributed by atoms with Crippen LogP contribution in [0.4, 0.5) is 0 Å². The van der Waals surface area contributed by atoms with Crippen molar-refractivity contribution in [2.24, 2.45) is 5.16 Å². The number of hydrogen-bond donors (Lipinski definition) is 0. The maximum atomic E-state index is 12.0. The predicted molar refractivity (Wildman–Crippen MR) is 85.6 cm³/mol. The van der Waals surface area contributed by atoms with E-state index in [2.05, 4.69) is 5.16 Å². The zero-order chi connectivity index (χ0) is 16.2. The summed E-state index contributed by atoms with van der Waals surface area (Å²) >= 11 is 0. The maximum absolute atomic E-state index is 12.0. The van der Waals surface area contributed by atoms with Gasteiger partial charge in [0.05, 0.1) is 25.8 Å². The molecule has 5 heteroatoms. The molecule has 0 spiro atoms. The molecule has 0 amide bonds. The molecule has 1 heterocycles. The molecular formula is C18H17NO4. The molecule has 0 saturated heterocycles. The molecule has 0 unspecified atom stereocenters. The summed E-state index contributed by atoms with van der Waals surface area (Å²) in [6.45, 7) is 0. The van der Waals surface area contributed by atoms with Gasteiger partial charge in [0.2, 0.25) is 6.10 Å². The van der Waals surface area contributed by atoms with Gasteiger partial charge in [-0.25, -0.2) is 4.79 Å². The summed E-state index contributed by atoms with van der Waals surface area (Å²) in [4.78, 5) is 17.4. The number of nitrogens with zero attached hydrogens (tertiary/aromatic N) is 1. The smallest absolute Gasteiger partial charge is 0.351 e. The van der Waals surface area contributed by atoms with Gasteiger partial charge in [-0.1, -0.05) is 35.5 Å². The fourth-order valence-corrected chi connectivity index (χ4v) is 2.66. The first-order valence-electron chi connectivity index (χ1n) is 7.25. The highest BCUT2D eigenvalue weighted by Crippen LogP contribution is 2.33. The average molecular weight is 311 g/mol. The van der Waals surface area contributed by atoms with Crippen molar-refractivity contribution >= 4 is 11.7 Å². The summed E-state index contributed by atoms with van der Waals surface area (Å²) in [7, 11) is 2.96. The van der Waals surface area contributed by atoms with Crippen LogP contribution in [0.3, 0.4) is 0 Å². The van der Waals surface area contributed by atoms with Crippen molar-refractivity contribution < 1.29 is 19.1 Å². The van der Waals surface area contributed by atoms with Crippen LogP contribution in [0.5, 0.6) is 5.75 Å². The van der Waals surface area contributed by atoms with E-state index < -0.39 is 12.1 Å². The van der Waals surface area contributed by atoms with Crippen LogP contribution in [0.1, 0.15) is 17.0 Å². The number of methoxy groups -OCH3 is 2. The van der Waals surface area contributed by atoms with Crippen LogP contribution in [0.15, 0.2) is 59.8 Å². The normalized spacial score (nSPS) is 19.7. The zero-order valence-electron chi connectivity index (χ0n) is 12.9. The van der Waals surface area contributed by atoms with Gasteiger partial charge in [0.25, 0.3) is 0 Å². The van der Waals surface area contributed by atoms with Gasteiger partial charge in [0.15, 0.2) is 0 Å². The van der Waals surface area contributed by atoms with Gasteiger partial charge in [0.1, 0.15) is 5.75 Å². The summed E-state index contributed by atoms with van der Waals surface area (Å²) in [5.41, 5.74) is 2.54. The van der Waals surface area contributed by atoms with Crippen LogP contribution < -0.4 is 4.74 Å². The first kappa shape index (κ1) is 15.1. The van der Waals surface area contributed by atoms with E-state index >= 15 is 0 Å². The van der Waals surface area contributed by atoms with E-state index in [0.29, 0.717) is 5.71 Å². The second-order valence-corrected chi connectivity index (χ2v) is 5.14. The minimum Gasteiger partial charge on any atom is -0.497 e. The summed E-state index contributed by atoms with van der Waals surface area (Å²) in [6, 6.07) is 17.2. The van der Waals surface area contributed by atoms with Gasteiger partial charge in [-0.2, -0.15) is 0 Å². The molecule has 0 radical (unpaired) electrons. The van der Waals surface area contributed by atoms with Gasteiger partial charge in [-0.15, -0.1) is 0 Å². The van der Waals surface area contributed by atoms with E-state index in [1.54, 1.807) is 7.11 Å². The third-order valence-electron chi connectivity index (χ3n) is 3.84. The molecule has 23 heavy (non-hydrogen) atoms. The Morgan fingerprint density at radius 1 is 1.04 bits per heavy atom. The monoisotopic (exact) mass is 311 g/mol. The van der Waals surface area contributed by atoms with Crippen molar-refractivity contribution in [2.45, 2.75) is 12.0 Å². The van der Waals surface area contributed by atoms with E-state index in [0.717, 1.165) is 16.9 Å². The summed E-state index contributed by atoms with van der Waals surface area (Å²) in [5, 5.41) is 4.14. The van der Waals surface area contributed by atoms with Gasteiger partial charge in [-0.3, -0.25) is 0 Å². The van der Waals surface area contributed by atoms with Crippen LogP contribution in [0.25, 0.3) is 0 Å². The van der Waals surface area contributed by atoms with Crippen molar-refractivity contribution in [2.75, 3.05) is 14.2 Å². The van der Waals surface area contributed by atoms with Crippen molar-refractivity contribution in [1.82, 2.24) is 0 Å². The number of benzene rings is 2. The van der Waals surface area contributed by atoms with E-state index in [-0.39, 0.29) is 5.92 Å². The maximum Gasteiger partial charge on any atom is 0.351 e. The van der Waals surface area contributed by atoms with Crippen molar-refractivity contribution in [1.29, 1.82) is 0 Å². The molecular weight excluding hydrogens is 294 g/mol. The molecule has 0 N–H and O–H groups in total. The van der Waals surface area contributed by atoms with Crippen LogP contribution in [0, 0.1) is 0 Å². The molecule has 5 nitrogen and oxygen atoms in total. The Morgan fingerprint density at radius 2 is 1.74 bits per heavy atom. The van der Waals surface area contributed by atoms with Crippen LogP contribution >= 0.6 is 0 Å². The fourth-order valence-electron chi connectivity index (χ4n) is 2.66. The number of rotatable bonds is 4. The first-order valence-corrected chi connectivity index (χ1v) is 7.25. The number of esters is 1. The van der Waals surface area contributed by atoms with Crippen molar-refractivity contribution in [3.8, 4) is 5.75 Å². The van der Waals surface area contributed by atoms with Gasteiger partial charge < -0.3 is 14.3 Å². The van der Waals surface area contributed by atoms with Crippen molar-refractivity contribution in [3.63, 3.8) is 0 Å². The van der Waals surface area contributed by atoms with Gasteiger partial charge in [-0.05, 0) is 29.8 Å². The van der Waals surface area contributed by atoms with Crippen LogP contribution in [0.2, 0.25) is 0 Å². The Bertz CT molecular complexity index is 710. The Labute approximate surface area is 134 Å². The third-order valence-corrected chi connectivity index (χ3v) is 3.84. The van der Waals surface area contributed by atoms with E-state index in [4.69, 9.17) is 14.3 Å². The lowest BCUT2D eigenvalue weighted by Crippen LogP contribution is -2.30. The quantitative estimate of drug-likeness (QED) is 0.815. The van der Waals surface area contributed by atoms with Gasteiger partial charge >= 0.3 is 5.97 Å². The van der Waals surface area contributed by atoms with E-state index in [1.165, 1.54) is 7.11 Å². The lowest BCUT2D eigenvalue weighted by molar-refractivity contribution is -0.153. The molecule has 2 atom stereocenters. The number of ether oxygens (including phenoxy) is 2. The molecule has 2 aromatic carbocycles. The fraction of sp³-hybridized carbons (Fsp3) is 0.222. The average Bonchev–Trinajstić information content (AvgIpc) is 3.07. The number of carbonyl (C=O) groups excluding carboxylic acids is 1. The number of carbonyl (C=O) groups is 1. The largest absolute Gasteiger partial charge is 0.497 e. The Balaban J connectivity index is 1.99. The van der Waals surface area contributed by atoms with E-state index in [1.807, 2.05) is 54.6 Å². The highest BCUT2D eigenvalue weighted by molar-refractivity contribution is 6.08. The molecule has 0 saturated carbocycles. The number of hydrogen-bond acceptors (Lipinski definition) is 5. The second kappa shape index (κ2) is 6.52. The highest BCUT2D eigenvalue weighted by Gasteiger charge is 2.41. The number of oxime groups is 1. The molecule has 0 aliphatic carbocycles.